The van der Waals surface area contributed by atoms with Crippen LogP contribution in [0.2, 0.25) is 0 Å². The highest BCUT2D eigenvalue weighted by atomic mass is 19.2. The van der Waals surface area contributed by atoms with Crippen molar-refractivity contribution in [1.29, 1.82) is 0 Å². The van der Waals surface area contributed by atoms with Crippen LogP contribution in [0.3, 0.4) is 0 Å². The zero-order valence-corrected chi connectivity index (χ0v) is 16.1. The molecule has 2 saturated carbocycles. The molecule has 2 aliphatic rings. The summed E-state index contributed by atoms with van der Waals surface area (Å²) in [5.41, 5.74) is 1.14. The smallest absolute Gasteiger partial charge is 0.195 e. The Bertz CT molecular complexity index is 797. The minimum atomic E-state index is -1.38. The van der Waals surface area contributed by atoms with Gasteiger partial charge >= 0.3 is 0 Å². The summed E-state index contributed by atoms with van der Waals surface area (Å²) in [5, 5.41) is 0.628. The standard InChI is InChI=1S/C24H29F3/c1-2-15-3-5-16(6-4-15)17-7-9-18(10-8-17)19-11-12-21-20(13-19)14-22(25)24(27)23(21)26/h11-18H,2-10H2,1H3. The summed E-state index contributed by atoms with van der Waals surface area (Å²) >= 11 is 0. The molecule has 2 aromatic rings. The van der Waals surface area contributed by atoms with Crippen LogP contribution in [0.1, 0.15) is 76.2 Å². The lowest BCUT2D eigenvalue weighted by Crippen LogP contribution is -2.25. The summed E-state index contributed by atoms with van der Waals surface area (Å²) in [5.74, 6) is -0.422. The van der Waals surface area contributed by atoms with Crippen molar-refractivity contribution in [1.82, 2.24) is 0 Å². The molecular formula is C24H29F3. The molecule has 2 aliphatic carbocycles. The average Bonchev–Trinajstić information content (AvgIpc) is 2.72. The number of fused-ring (bicyclic) bond motifs is 1. The molecule has 146 valence electrons. The van der Waals surface area contributed by atoms with Crippen LogP contribution in [-0.4, -0.2) is 0 Å². The maximum atomic E-state index is 13.9. The third-order valence-electron chi connectivity index (χ3n) is 7.38. The lowest BCUT2D eigenvalue weighted by atomic mass is 9.68. The van der Waals surface area contributed by atoms with Gasteiger partial charge in [0.1, 0.15) is 0 Å². The molecule has 0 bridgehead atoms. The normalized spacial score (nSPS) is 29.2. The van der Waals surface area contributed by atoms with Gasteiger partial charge in [0.05, 0.1) is 0 Å². The van der Waals surface area contributed by atoms with Crippen molar-refractivity contribution < 1.29 is 13.2 Å². The molecule has 0 spiro atoms. The highest BCUT2D eigenvalue weighted by Gasteiger charge is 2.31. The molecule has 2 aromatic carbocycles. The van der Waals surface area contributed by atoms with E-state index in [2.05, 4.69) is 6.92 Å². The second-order valence-electron chi connectivity index (χ2n) is 8.77. The molecule has 0 saturated heterocycles. The molecular weight excluding hydrogens is 345 g/mol. The molecule has 0 unspecified atom stereocenters. The van der Waals surface area contributed by atoms with E-state index in [9.17, 15) is 13.2 Å². The minimum absolute atomic E-state index is 0.166. The molecule has 0 N–H and O–H groups in total. The molecule has 27 heavy (non-hydrogen) atoms. The van der Waals surface area contributed by atoms with Gasteiger partial charge in [-0.25, -0.2) is 13.2 Å². The van der Waals surface area contributed by atoms with E-state index in [1.807, 2.05) is 12.1 Å². The van der Waals surface area contributed by atoms with Crippen molar-refractivity contribution in [3.8, 4) is 0 Å². The maximum Gasteiger partial charge on any atom is 0.195 e. The van der Waals surface area contributed by atoms with Crippen molar-refractivity contribution in [2.45, 2.75) is 70.6 Å². The molecule has 0 radical (unpaired) electrons. The van der Waals surface area contributed by atoms with Crippen molar-refractivity contribution in [2.24, 2.45) is 17.8 Å². The monoisotopic (exact) mass is 374 g/mol. The molecule has 4 rings (SSSR count). The van der Waals surface area contributed by atoms with Crippen LogP contribution in [0, 0.1) is 35.2 Å². The topological polar surface area (TPSA) is 0 Å². The van der Waals surface area contributed by atoms with Gasteiger partial charge in [0.2, 0.25) is 0 Å². The van der Waals surface area contributed by atoms with Crippen LogP contribution >= 0.6 is 0 Å². The van der Waals surface area contributed by atoms with Crippen molar-refractivity contribution in [3.63, 3.8) is 0 Å². The fraction of sp³-hybridized carbons (Fsp3) is 0.583. The Morgan fingerprint density at radius 3 is 2.04 bits per heavy atom. The number of hydrogen-bond acceptors (Lipinski definition) is 0. The second-order valence-corrected chi connectivity index (χ2v) is 8.77. The SMILES string of the molecule is CCC1CCC(C2CCC(c3ccc4c(F)c(F)c(F)cc4c3)CC2)CC1. The third-order valence-corrected chi connectivity index (χ3v) is 7.38. The predicted molar refractivity (Wildman–Crippen MR) is 104 cm³/mol. The Kier molecular flexibility index (Phi) is 5.48. The Balaban J connectivity index is 1.43. The molecule has 0 atom stereocenters. The summed E-state index contributed by atoms with van der Waals surface area (Å²) < 4.78 is 40.9. The van der Waals surface area contributed by atoms with Gasteiger partial charge in [0.15, 0.2) is 17.5 Å². The second kappa shape index (κ2) is 7.85. The van der Waals surface area contributed by atoms with Gasteiger partial charge in [0.25, 0.3) is 0 Å². The third kappa shape index (κ3) is 3.75. The zero-order chi connectivity index (χ0) is 19.0. The van der Waals surface area contributed by atoms with Crippen LogP contribution in [0.15, 0.2) is 24.3 Å². The largest absolute Gasteiger partial charge is 0.204 e. The first-order valence-electron chi connectivity index (χ1n) is 10.6. The van der Waals surface area contributed by atoms with Crippen LogP contribution < -0.4 is 0 Å². The highest BCUT2D eigenvalue weighted by Crippen LogP contribution is 2.44. The van der Waals surface area contributed by atoms with Crippen molar-refractivity contribution in [2.75, 3.05) is 0 Å². The molecule has 2 fully saturated rings. The van der Waals surface area contributed by atoms with E-state index in [-0.39, 0.29) is 5.39 Å². The minimum Gasteiger partial charge on any atom is -0.204 e. The summed E-state index contributed by atoms with van der Waals surface area (Å²) in [6, 6.07) is 6.49. The van der Waals surface area contributed by atoms with Gasteiger partial charge in [-0.3, -0.25) is 0 Å². The molecule has 0 nitrogen and oxygen atoms in total. The Morgan fingerprint density at radius 2 is 1.41 bits per heavy atom. The molecule has 0 heterocycles. The van der Waals surface area contributed by atoms with Crippen molar-refractivity contribution in [3.05, 3.63) is 47.3 Å². The maximum absolute atomic E-state index is 13.9. The zero-order valence-electron chi connectivity index (χ0n) is 16.1. The van der Waals surface area contributed by atoms with E-state index in [4.69, 9.17) is 0 Å². The van der Waals surface area contributed by atoms with Crippen LogP contribution in [0.4, 0.5) is 13.2 Å². The van der Waals surface area contributed by atoms with Gasteiger partial charge in [-0.15, -0.1) is 0 Å². The van der Waals surface area contributed by atoms with Crippen LogP contribution in [0.25, 0.3) is 10.8 Å². The summed E-state index contributed by atoms with van der Waals surface area (Å²) in [4.78, 5) is 0. The average molecular weight is 374 g/mol. The van der Waals surface area contributed by atoms with E-state index in [0.717, 1.165) is 42.2 Å². The molecule has 0 aromatic heterocycles. The lowest BCUT2D eigenvalue weighted by molar-refractivity contribution is 0.158. The van der Waals surface area contributed by atoms with Gasteiger partial charge in [-0.2, -0.15) is 0 Å². The van der Waals surface area contributed by atoms with Gasteiger partial charge in [0, 0.05) is 5.39 Å². The number of rotatable bonds is 3. The van der Waals surface area contributed by atoms with E-state index in [1.54, 1.807) is 6.07 Å². The van der Waals surface area contributed by atoms with Crippen LogP contribution in [-0.2, 0) is 0 Å². The fourth-order valence-corrected chi connectivity index (χ4v) is 5.57. The first kappa shape index (κ1) is 18.8. The van der Waals surface area contributed by atoms with E-state index < -0.39 is 17.5 Å². The number of hydrogen-bond donors (Lipinski definition) is 0. The van der Waals surface area contributed by atoms with E-state index in [1.165, 1.54) is 44.9 Å². The molecule has 3 heteroatoms. The van der Waals surface area contributed by atoms with Gasteiger partial charge < -0.3 is 0 Å². The van der Waals surface area contributed by atoms with Gasteiger partial charge in [-0.05, 0) is 79.2 Å². The Hall–Kier alpha value is -1.51. The van der Waals surface area contributed by atoms with E-state index in [0.29, 0.717) is 11.3 Å². The lowest BCUT2D eigenvalue weighted by Gasteiger charge is -2.38. The fourth-order valence-electron chi connectivity index (χ4n) is 5.57. The first-order valence-corrected chi connectivity index (χ1v) is 10.6. The first-order chi connectivity index (χ1) is 13.1. The van der Waals surface area contributed by atoms with E-state index >= 15 is 0 Å². The summed E-state index contributed by atoms with van der Waals surface area (Å²) in [6.45, 7) is 2.31. The summed E-state index contributed by atoms with van der Waals surface area (Å²) in [7, 11) is 0. The molecule has 0 aliphatic heterocycles. The highest BCUT2D eigenvalue weighted by molar-refractivity contribution is 5.84. The Labute approximate surface area is 160 Å². The van der Waals surface area contributed by atoms with Gasteiger partial charge in [-0.1, -0.05) is 44.4 Å². The predicted octanol–water partition coefficient (Wildman–Crippen LogP) is 7.75. The number of benzene rings is 2. The quantitative estimate of drug-likeness (QED) is 0.482. The Morgan fingerprint density at radius 1 is 0.778 bits per heavy atom. The molecule has 0 amide bonds. The van der Waals surface area contributed by atoms with Crippen molar-refractivity contribution >= 4 is 10.8 Å². The summed E-state index contributed by atoms with van der Waals surface area (Å²) in [6.07, 6.45) is 11.7. The number of halogens is 3. The van der Waals surface area contributed by atoms with Crippen LogP contribution in [0.5, 0.6) is 0 Å².